The van der Waals surface area contributed by atoms with Gasteiger partial charge >= 0.3 is 5.97 Å². The van der Waals surface area contributed by atoms with E-state index < -0.39 is 5.41 Å². The average molecular weight is 344 g/mol. The van der Waals surface area contributed by atoms with Crippen LogP contribution in [0.5, 0.6) is 0 Å². The first-order chi connectivity index (χ1) is 11.8. The summed E-state index contributed by atoms with van der Waals surface area (Å²) < 4.78 is 4.84. The number of carbonyl (C=O) groups is 2. The molecule has 0 N–H and O–H groups in total. The zero-order valence-corrected chi connectivity index (χ0v) is 15.7. The molecule has 1 aliphatic heterocycles. The number of nitrogens with zero attached hydrogens (tertiary/aromatic N) is 2. The van der Waals surface area contributed by atoms with Gasteiger partial charge in [-0.05, 0) is 29.9 Å². The molecule has 1 aromatic rings. The Kier molecular flexibility index (Phi) is 4.52. The van der Waals surface area contributed by atoms with Gasteiger partial charge in [-0.3, -0.25) is 9.59 Å². The predicted molar refractivity (Wildman–Crippen MR) is 97.6 cm³/mol. The van der Waals surface area contributed by atoms with E-state index in [1.54, 1.807) is 0 Å². The number of para-hydroxylation sites is 1. The summed E-state index contributed by atoms with van der Waals surface area (Å²) in [4.78, 5) is 28.9. The number of rotatable bonds is 3. The van der Waals surface area contributed by atoms with Crippen LogP contribution >= 0.6 is 0 Å². The number of benzene rings is 1. The standard InChI is InChI=1S/C20H28N2O3/c1-19(2,3)15-7-5-6-8-16(15)21-11-13-22(14-12-21)17(23)20(9-10-20)18(24)25-4/h5-8H,9-14H2,1-4H3. The number of amides is 1. The van der Waals surface area contributed by atoms with Gasteiger partial charge in [0.1, 0.15) is 5.41 Å². The van der Waals surface area contributed by atoms with Crippen molar-refractivity contribution in [3.05, 3.63) is 29.8 Å². The number of methoxy groups -OCH3 is 1. The summed E-state index contributed by atoms with van der Waals surface area (Å²) in [5.74, 6) is -0.430. The van der Waals surface area contributed by atoms with Crippen molar-refractivity contribution in [1.29, 1.82) is 0 Å². The highest BCUT2D eigenvalue weighted by Crippen LogP contribution is 2.48. The van der Waals surface area contributed by atoms with E-state index in [1.165, 1.54) is 18.4 Å². The third kappa shape index (κ3) is 3.24. The minimum absolute atomic E-state index is 0.0527. The van der Waals surface area contributed by atoms with Crippen molar-refractivity contribution < 1.29 is 14.3 Å². The van der Waals surface area contributed by atoms with E-state index in [1.807, 2.05) is 4.90 Å². The lowest BCUT2D eigenvalue weighted by Crippen LogP contribution is -2.52. The van der Waals surface area contributed by atoms with Gasteiger partial charge in [-0.25, -0.2) is 0 Å². The largest absolute Gasteiger partial charge is 0.468 e. The van der Waals surface area contributed by atoms with Crippen LogP contribution in [0.15, 0.2) is 24.3 Å². The van der Waals surface area contributed by atoms with E-state index in [4.69, 9.17) is 4.74 Å². The Morgan fingerprint density at radius 2 is 1.64 bits per heavy atom. The molecule has 1 saturated carbocycles. The molecule has 3 rings (SSSR count). The van der Waals surface area contributed by atoms with Gasteiger partial charge in [0.25, 0.3) is 0 Å². The van der Waals surface area contributed by atoms with E-state index in [2.05, 4.69) is 49.9 Å². The highest BCUT2D eigenvalue weighted by atomic mass is 16.5. The van der Waals surface area contributed by atoms with E-state index in [-0.39, 0.29) is 17.3 Å². The summed E-state index contributed by atoms with van der Waals surface area (Å²) in [6, 6.07) is 8.49. The Bertz CT molecular complexity index is 666. The summed E-state index contributed by atoms with van der Waals surface area (Å²) in [6.07, 6.45) is 1.23. The molecule has 1 aliphatic carbocycles. The first-order valence-electron chi connectivity index (χ1n) is 9.02. The summed E-state index contributed by atoms with van der Waals surface area (Å²) in [6.45, 7) is 9.54. The van der Waals surface area contributed by atoms with E-state index in [0.29, 0.717) is 25.9 Å². The molecular weight excluding hydrogens is 316 g/mol. The fourth-order valence-corrected chi connectivity index (χ4v) is 3.66. The van der Waals surface area contributed by atoms with Crippen molar-refractivity contribution in [3.63, 3.8) is 0 Å². The van der Waals surface area contributed by atoms with Crippen LogP contribution in [-0.2, 0) is 19.7 Å². The molecule has 25 heavy (non-hydrogen) atoms. The number of ether oxygens (including phenoxy) is 1. The lowest BCUT2D eigenvalue weighted by atomic mass is 9.85. The molecule has 0 spiro atoms. The third-order valence-electron chi connectivity index (χ3n) is 5.36. The van der Waals surface area contributed by atoms with E-state index >= 15 is 0 Å². The highest BCUT2D eigenvalue weighted by molar-refractivity contribution is 6.05. The predicted octanol–water partition coefficient (Wildman–Crippen LogP) is 2.59. The molecule has 0 radical (unpaired) electrons. The molecule has 2 fully saturated rings. The van der Waals surface area contributed by atoms with Crippen molar-refractivity contribution in [2.45, 2.75) is 39.0 Å². The summed E-state index contributed by atoms with van der Waals surface area (Å²) in [7, 11) is 1.36. The fourth-order valence-electron chi connectivity index (χ4n) is 3.66. The molecule has 2 aliphatic rings. The average Bonchev–Trinajstić information content (AvgIpc) is 3.42. The van der Waals surface area contributed by atoms with Gasteiger partial charge < -0.3 is 14.5 Å². The topological polar surface area (TPSA) is 49.9 Å². The second kappa shape index (κ2) is 6.36. The second-order valence-electron chi connectivity index (χ2n) is 8.12. The first kappa shape index (κ1) is 17.8. The SMILES string of the molecule is COC(=O)C1(C(=O)N2CCN(c3ccccc3C(C)(C)C)CC2)CC1. The van der Waals surface area contributed by atoms with Crippen LogP contribution < -0.4 is 4.90 Å². The number of carbonyl (C=O) groups excluding carboxylic acids is 2. The molecule has 1 amide bonds. The Hall–Kier alpha value is -2.04. The van der Waals surface area contributed by atoms with Crippen molar-refractivity contribution >= 4 is 17.6 Å². The normalized spacial score (nSPS) is 19.5. The summed E-state index contributed by atoms with van der Waals surface area (Å²) in [5, 5.41) is 0. The molecule has 1 saturated heterocycles. The molecule has 0 unspecified atom stereocenters. The zero-order chi connectivity index (χ0) is 18.2. The molecule has 5 heteroatoms. The van der Waals surface area contributed by atoms with Crippen LogP contribution in [0.25, 0.3) is 0 Å². The number of anilines is 1. The zero-order valence-electron chi connectivity index (χ0n) is 15.7. The van der Waals surface area contributed by atoms with Crippen molar-refractivity contribution in [3.8, 4) is 0 Å². The lowest BCUT2D eigenvalue weighted by molar-refractivity contribution is -0.156. The first-order valence-corrected chi connectivity index (χ1v) is 9.02. The molecule has 0 atom stereocenters. The number of piperazine rings is 1. The van der Waals surface area contributed by atoms with E-state index in [0.717, 1.165) is 13.1 Å². The van der Waals surface area contributed by atoms with Gasteiger partial charge in [-0.1, -0.05) is 39.0 Å². The number of hydrogen-bond donors (Lipinski definition) is 0. The Morgan fingerprint density at radius 3 is 2.16 bits per heavy atom. The van der Waals surface area contributed by atoms with Crippen LogP contribution in [0.1, 0.15) is 39.2 Å². The van der Waals surface area contributed by atoms with Gasteiger partial charge in [-0.15, -0.1) is 0 Å². The van der Waals surface area contributed by atoms with Crippen LogP contribution in [0, 0.1) is 5.41 Å². The minimum atomic E-state index is -0.889. The van der Waals surface area contributed by atoms with Crippen molar-refractivity contribution in [1.82, 2.24) is 4.90 Å². The molecular formula is C20H28N2O3. The monoisotopic (exact) mass is 344 g/mol. The third-order valence-corrected chi connectivity index (χ3v) is 5.36. The van der Waals surface area contributed by atoms with E-state index in [9.17, 15) is 9.59 Å². The molecule has 5 nitrogen and oxygen atoms in total. The molecule has 0 aromatic heterocycles. The molecule has 1 aromatic carbocycles. The Labute approximate surface area is 149 Å². The number of esters is 1. The van der Waals surface area contributed by atoms with Crippen molar-refractivity contribution in [2.75, 3.05) is 38.2 Å². The molecule has 0 bridgehead atoms. The Morgan fingerprint density at radius 1 is 1.04 bits per heavy atom. The van der Waals surface area contributed by atoms with Crippen LogP contribution in [0.2, 0.25) is 0 Å². The Balaban J connectivity index is 1.69. The number of hydrogen-bond acceptors (Lipinski definition) is 4. The molecule has 136 valence electrons. The second-order valence-corrected chi connectivity index (χ2v) is 8.12. The lowest BCUT2D eigenvalue weighted by Gasteiger charge is -2.39. The van der Waals surface area contributed by atoms with Crippen LogP contribution in [0.3, 0.4) is 0 Å². The quantitative estimate of drug-likeness (QED) is 0.625. The van der Waals surface area contributed by atoms with Gasteiger partial charge in [0.2, 0.25) is 5.91 Å². The van der Waals surface area contributed by atoms with Gasteiger partial charge in [0.05, 0.1) is 7.11 Å². The van der Waals surface area contributed by atoms with Crippen LogP contribution in [-0.4, -0.2) is 50.1 Å². The van der Waals surface area contributed by atoms with Gasteiger partial charge in [-0.2, -0.15) is 0 Å². The minimum Gasteiger partial charge on any atom is -0.468 e. The summed E-state index contributed by atoms with van der Waals surface area (Å²) in [5.41, 5.74) is 1.76. The molecule has 1 heterocycles. The smallest absolute Gasteiger partial charge is 0.321 e. The maximum absolute atomic E-state index is 12.8. The summed E-state index contributed by atoms with van der Waals surface area (Å²) >= 11 is 0. The highest BCUT2D eigenvalue weighted by Gasteiger charge is 2.59. The van der Waals surface area contributed by atoms with Crippen molar-refractivity contribution in [2.24, 2.45) is 5.41 Å². The van der Waals surface area contributed by atoms with Gasteiger partial charge in [0, 0.05) is 31.9 Å². The maximum Gasteiger partial charge on any atom is 0.321 e. The van der Waals surface area contributed by atoms with Crippen LogP contribution in [0.4, 0.5) is 5.69 Å². The maximum atomic E-state index is 12.8. The fraction of sp³-hybridized carbons (Fsp3) is 0.600. The van der Waals surface area contributed by atoms with Gasteiger partial charge in [0.15, 0.2) is 0 Å².